The Balaban J connectivity index is 1.69. The zero-order valence-electron chi connectivity index (χ0n) is 18.8. The van der Waals surface area contributed by atoms with Crippen LogP contribution in [0.3, 0.4) is 0 Å². The van der Waals surface area contributed by atoms with Crippen LogP contribution in [0.4, 0.5) is 0 Å². The van der Waals surface area contributed by atoms with Crippen LogP contribution in [0.5, 0.6) is 11.5 Å². The number of aryl methyl sites for hydroxylation is 2. The first-order valence-electron chi connectivity index (χ1n) is 11.3. The number of nitrogens with one attached hydrogen (secondary N) is 1. The summed E-state index contributed by atoms with van der Waals surface area (Å²) in [6, 6.07) is 5.12. The number of fused-ring (bicyclic) bond motifs is 3. The number of methoxy groups -OCH3 is 2. The van der Waals surface area contributed by atoms with Crippen molar-refractivity contribution in [3.8, 4) is 17.2 Å². The Morgan fingerprint density at radius 2 is 1.91 bits per heavy atom. The number of hydrogen-bond acceptors (Lipinski definition) is 6. The second-order valence-corrected chi connectivity index (χ2v) is 9.72. The average molecular weight is 470 g/mol. The van der Waals surface area contributed by atoms with E-state index in [9.17, 15) is 14.4 Å². The lowest BCUT2D eigenvalue weighted by Gasteiger charge is -2.16. The Hall–Kier alpha value is -3.07. The smallest absolute Gasteiger partial charge is 0.337 e. The van der Waals surface area contributed by atoms with Crippen molar-refractivity contribution in [2.24, 2.45) is 0 Å². The molecule has 8 nitrogen and oxygen atoms in total. The molecule has 0 unspecified atom stereocenters. The molecule has 2 aliphatic rings. The van der Waals surface area contributed by atoms with E-state index in [0.717, 1.165) is 60.0 Å². The predicted octanol–water partition coefficient (Wildman–Crippen LogP) is 2.78. The monoisotopic (exact) mass is 469 g/mol. The molecule has 2 aromatic heterocycles. The molecule has 5 rings (SSSR count). The first kappa shape index (κ1) is 21.8. The minimum absolute atomic E-state index is 0.121. The summed E-state index contributed by atoms with van der Waals surface area (Å²) in [6.45, 7) is -0.121. The van der Waals surface area contributed by atoms with Crippen molar-refractivity contribution in [1.82, 2.24) is 14.5 Å². The Kier molecular flexibility index (Phi) is 5.74. The van der Waals surface area contributed by atoms with Crippen molar-refractivity contribution in [2.75, 3.05) is 14.2 Å². The standard InChI is InChI=1S/C24H27N3O5S/c1-31-15-10-11-17(18(12-15)32-2)27-22(29)21-16-8-5-9-19(16)33-23(21)26(24(27)30)13-20(28)25-14-6-3-4-7-14/h10-12,14H,3-9,13H2,1-2H3,(H,25,28). The molecule has 3 aromatic rings. The summed E-state index contributed by atoms with van der Waals surface area (Å²) in [6.07, 6.45) is 6.82. The topological polar surface area (TPSA) is 91.6 Å². The van der Waals surface area contributed by atoms with Gasteiger partial charge in [0.05, 0.1) is 25.3 Å². The predicted molar refractivity (Wildman–Crippen MR) is 127 cm³/mol. The largest absolute Gasteiger partial charge is 0.497 e. The van der Waals surface area contributed by atoms with Gasteiger partial charge >= 0.3 is 5.69 Å². The molecule has 0 atom stereocenters. The van der Waals surface area contributed by atoms with Crippen molar-refractivity contribution < 1.29 is 14.3 Å². The van der Waals surface area contributed by atoms with Crippen molar-refractivity contribution >= 4 is 27.5 Å². The maximum Gasteiger partial charge on any atom is 0.337 e. The van der Waals surface area contributed by atoms with Crippen LogP contribution in [-0.2, 0) is 24.2 Å². The fraction of sp³-hybridized carbons (Fsp3) is 0.458. The second-order valence-electron chi connectivity index (χ2n) is 8.63. The molecule has 1 saturated carbocycles. The van der Waals surface area contributed by atoms with Gasteiger partial charge in [0.25, 0.3) is 5.56 Å². The molecule has 1 fully saturated rings. The Morgan fingerprint density at radius 3 is 2.64 bits per heavy atom. The molecule has 33 heavy (non-hydrogen) atoms. The summed E-state index contributed by atoms with van der Waals surface area (Å²) in [4.78, 5) is 42.0. The van der Waals surface area contributed by atoms with E-state index in [0.29, 0.717) is 27.4 Å². The third-order valence-electron chi connectivity index (χ3n) is 6.64. The van der Waals surface area contributed by atoms with Crippen LogP contribution in [0.1, 0.15) is 42.5 Å². The van der Waals surface area contributed by atoms with Gasteiger partial charge in [0.2, 0.25) is 5.91 Å². The number of rotatable bonds is 6. The molecular weight excluding hydrogens is 442 g/mol. The van der Waals surface area contributed by atoms with Gasteiger partial charge in [-0.3, -0.25) is 14.2 Å². The van der Waals surface area contributed by atoms with Crippen LogP contribution in [0.25, 0.3) is 15.9 Å². The van der Waals surface area contributed by atoms with Gasteiger partial charge in [0.1, 0.15) is 22.9 Å². The second kappa shape index (κ2) is 8.70. The summed E-state index contributed by atoms with van der Waals surface area (Å²) in [5.74, 6) is 0.699. The lowest BCUT2D eigenvalue weighted by molar-refractivity contribution is -0.122. The summed E-state index contributed by atoms with van der Waals surface area (Å²) in [5, 5.41) is 3.60. The lowest BCUT2D eigenvalue weighted by Crippen LogP contribution is -2.43. The third-order valence-corrected chi connectivity index (χ3v) is 7.95. The lowest BCUT2D eigenvalue weighted by atomic mass is 10.2. The van der Waals surface area contributed by atoms with Gasteiger partial charge < -0.3 is 14.8 Å². The number of carbonyl (C=O) groups excluding carboxylic acids is 1. The zero-order valence-corrected chi connectivity index (χ0v) is 19.6. The fourth-order valence-corrected chi connectivity index (χ4v) is 6.39. The van der Waals surface area contributed by atoms with Gasteiger partial charge in [0.15, 0.2) is 0 Å². The maximum atomic E-state index is 13.7. The minimum Gasteiger partial charge on any atom is -0.497 e. The number of hydrogen-bond donors (Lipinski definition) is 1. The van der Waals surface area contributed by atoms with Gasteiger partial charge in [-0.05, 0) is 49.8 Å². The number of benzene rings is 1. The number of amides is 1. The molecule has 0 spiro atoms. The highest BCUT2D eigenvalue weighted by atomic mass is 32.1. The molecule has 1 N–H and O–H groups in total. The molecule has 9 heteroatoms. The molecule has 2 aliphatic carbocycles. The number of ether oxygens (including phenoxy) is 2. The van der Waals surface area contributed by atoms with Gasteiger partial charge in [-0.25, -0.2) is 9.36 Å². The highest BCUT2D eigenvalue weighted by Crippen LogP contribution is 2.36. The van der Waals surface area contributed by atoms with Crippen molar-refractivity contribution in [3.05, 3.63) is 49.5 Å². The zero-order chi connectivity index (χ0) is 23.1. The first-order valence-corrected chi connectivity index (χ1v) is 12.1. The van der Waals surface area contributed by atoms with Crippen LogP contribution in [0, 0.1) is 0 Å². The van der Waals surface area contributed by atoms with E-state index in [1.54, 1.807) is 18.2 Å². The molecule has 174 valence electrons. The van der Waals surface area contributed by atoms with Gasteiger partial charge in [0, 0.05) is 17.0 Å². The minimum atomic E-state index is -0.544. The SMILES string of the molecule is COc1ccc(-n2c(=O)c3c4c(sc3n(CC(=O)NC3CCCC3)c2=O)CCC4)c(OC)c1. The van der Waals surface area contributed by atoms with Gasteiger partial charge in [-0.15, -0.1) is 11.3 Å². The van der Waals surface area contributed by atoms with E-state index < -0.39 is 5.69 Å². The van der Waals surface area contributed by atoms with Crippen LogP contribution in [0.15, 0.2) is 27.8 Å². The normalized spacial score (nSPS) is 15.7. The molecule has 0 bridgehead atoms. The van der Waals surface area contributed by atoms with Crippen molar-refractivity contribution in [3.63, 3.8) is 0 Å². The van der Waals surface area contributed by atoms with Crippen LogP contribution < -0.4 is 26.0 Å². The molecule has 0 aliphatic heterocycles. The number of thiophene rings is 1. The first-order chi connectivity index (χ1) is 16.0. The molecule has 0 saturated heterocycles. The van der Waals surface area contributed by atoms with E-state index >= 15 is 0 Å². The third kappa shape index (κ3) is 3.74. The molecule has 1 amide bonds. The highest BCUT2D eigenvalue weighted by molar-refractivity contribution is 7.19. The fourth-order valence-electron chi connectivity index (χ4n) is 5.02. The van der Waals surface area contributed by atoms with Gasteiger partial charge in [-0.1, -0.05) is 12.8 Å². The van der Waals surface area contributed by atoms with Crippen LogP contribution in [0.2, 0.25) is 0 Å². The number of aromatic nitrogens is 2. The molecule has 0 radical (unpaired) electrons. The van der Waals surface area contributed by atoms with Crippen molar-refractivity contribution in [1.29, 1.82) is 0 Å². The Labute approximate surface area is 194 Å². The number of carbonyl (C=O) groups is 1. The molecule has 2 heterocycles. The van der Waals surface area contributed by atoms with E-state index in [4.69, 9.17) is 9.47 Å². The van der Waals surface area contributed by atoms with E-state index in [-0.39, 0.29) is 24.1 Å². The van der Waals surface area contributed by atoms with E-state index in [2.05, 4.69) is 5.32 Å². The molecule has 1 aromatic carbocycles. The highest BCUT2D eigenvalue weighted by Gasteiger charge is 2.27. The van der Waals surface area contributed by atoms with E-state index in [1.807, 2.05) is 0 Å². The Bertz CT molecular complexity index is 1350. The summed E-state index contributed by atoms with van der Waals surface area (Å²) in [5.41, 5.74) is 0.423. The van der Waals surface area contributed by atoms with Gasteiger partial charge in [-0.2, -0.15) is 0 Å². The van der Waals surface area contributed by atoms with E-state index in [1.165, 1.54) is 30.1 Å². The van der Waals surface area contributed by atoms with Crippen LogP contribution in [-0.4, -0.2) is 35.3 Å². The van der Waals surface area contributed by atoms with Crippen LogP contribution >= 0.6 is 11.3 Å². The quantitative estimate of drug-likeness (QED) is 0.600. The summed E-state index contributed by atoms with van der Waals surface area (Å²) in [7, 11) is 3.02. The Morgan fingerprint density at radius 1 is 1.12 bits per heavy atom. The summed E-state index contributed by atoms with van der Waals surface area (Å²) < 4.78 is 13.3. The average Bonchev–Trinajstić information content (AvgIpc) is 3.54. The van der Waals surface area contributed by atoms with Crippen molar-refractivity contribution in [2.45, 2.75) is 57.5 Å². The molecular formula is C24H27N3O5S. The number of nitrogens with zero attached hydrogens (tertiary/aromatic N) is 2. The maximum absolute atomic E-state index is 13.7. The summed E-state index contributed by atoms with van der Waals surface area (Å²) >= 11 is 1.46.